The van der Waals surface area contributed by atoms with Crippen molar-refractivity contribution in [3.05, 3.63) is 5.82 Å². The third-order valence-electron chi connectivity index (χ3n) is 3.43. The predicted octanol–water partition coefficient (Wildman–Crippen LogP) is 1.69. The van der Waals surface area contributed by atoms with Gasteiger partial charge in [0, 0.05) is 19.1 Å². The van der Waals surface area contributed by atoms with Crippen molar-refractivity contribution in [2.24, 2.45) is 5.92 Å². The van der Waals surface area contributed by atoms with E-state index >= 15 is 0 Å². The van der Waals surface area contributed by atoms with Gasteiger partial charge in [-0.2, -0.15) is 18.2 Å². The van der Waals surface area contributed by atoms with Gasteiger partial charge in [-0.05, 0) is 12.8 Å². The van der Waals surface area contributed by atoms with Crippen molar-refractivity contribution in [2.45, 2.75) is 25.1 Å². The maximum Gasteiger partial charge on any atom is 0.453 e. The van der Waals surface area contributed by atoms with E-state index in [9.17, 15) is 13.2 Å². The van der Waals surface area contributed by atoms with Gasteiger partial charge in [-0.3, -0.25) is 0 Å². The summed E-state index contributed by atoms with van der Waals surface area (Å²) in [5.74, 6) is -0.630. The van der Waals surface area contributed by atoms with Gasteiger partial charge < -0.3 is 10.1 Å². The number of nitrogens with zero attached hydrogens (tertiary/aromatic N) is 3. The molecule has 1 fully saturated rings. The molecule has 3 heterocycles. The van der Waals surface area contributed by atoms with Crippen LogP contribution in [0.2, 0.25) is 0 Å². The standard InChI is InChI=1S/C10H13F3N4O/c11-10(12,13)8-15-9-14-3-1-7(17(9)16-8)6-2-4-18-5-6/h6-7H,1-5H2,(H,14,15,16). The normalized spacial score (nSPS) is 27.9. The second-order valence-electron chi connectivity index (χ2n) is 4.61. The van der Waals surface area contributed by atoms with E-state index < -0.39 is 12.0 Å². The van der Waals surface area contributed by atoms with E-state index in [4.69, 9.17) is 4.74 Å². The first-order valence-electron chi connectivity index (χ1n) is 5.91. The number of aromatic nitrogens is 3. The molecule has 1 aromatic rings. The van der Waals surface area contributed by atoms with Crippen LogP contribution >= 0.6 is 0 Å². The zero-order chi connectivity index (χ0) is 12.8. The molecule has 0 amide bonds. The molecule has 8 heteroatoms. The molecule has 5 nitrogen and oxygen atoms in total. The molecular formula is C10H13F3N4O. The fraction of sp³-hybridized carbons (Fsp3) is 0.800. The molecule has 2 aliphatic rings. The highest BCUT2D eigenvalue weighted by Gasteiger charge is 2.40. The summed E-state index contributed by atoms with van der Waals surface area (Å²) in [4.78, 5) is 3.52. The minimum atomic E-state index is -4.50. The van der Waals surface area contributed by atoms with Gasteiger partial charge in [-0.15, -0.1) is 5.10 Å². The van der Waals surface area contributed by atoms with Gasteiger partial charge in [-0.25, -0.2) is 4.68 Å². The van der Waals surface area contributed by atoms with Crippen LogP contribution in [0.3, 0.4) is 0 Å². The Morgan fingerprint density at radius 1 is 1.33 bits per heavy atom. The monoisotopic (exact) mass is 262 g/mol. The first kappa shape index (κ1) is 11.8. The second kappa shape index (κ2) is 4.11. The fourth-order valence-corrected chi connectivity index (χ4v) is 2.54. The number of hydrogen-bond acceptors (Lipinski definition) is 4. The molecule has 0 aliphatic carbocycles. The number of anilines is 1. The number of nitrogens with one attached hydrogen (secondary N) is 1. The van der Waals surface area contributed by atoms with Gasteiger partial charge in [0.15, 0.2) is 0 Å². The van der Waals surface area contributed by atoms with Gasteiger partial charge in [0.25, 0.3) is 5.82 Å². The van der Waals surface area contributed by atoms with Crippen molar-refractivity contribution < 1.29 is 17.9 Å². The molecule has 0 radical (unpaired) electrons. The summed E-state index contributed by atoms with van der Waals surface area (Å²) >= 11 is 0. The largest absolute Gasteiger partial charge is 0.453 e. The van der Waals surface area contributed by atoms with Crippen LogP contribution in [0.25, 0.3) is 0 Å². The molecule has 18 heavy (non-hydrogen) atoms. The number of hydrogen-bond donors (Lipinski definition) is 1. The minimum absolute atomic E-state index is 0.0488. The number of rotatable bonds is 1. The maximum atomic E-state index is 12.6. The Kier molecular flexibility index (Phi) is 2.69. The molecule has 0 spiro atoms. The summed E-state index contributed by atoms with van der Waals surface area (Å²) in [6.07, 6.45) is -2.88. The van der Waals surface area contributed by atoms with Gasteiger partial charge in [0.05, 0.1) is 12.6 Å². The first-order valence-corrected chi connectivity index (χ1v) is 5.91. The van der Waals surface area contributed by atoms with E-state index in [1.165, 1.54) is 4.68 Å². The van der Waals surface area contributed by atoms with Crippen LogP contribution in [0, 0.1) is 5.92 Å². The summed E-state index contributed by atoms with van der Waals surface area (Å²) in [6, 6.07) is -0.0488. The fourth-order valence-electron chi connectivity index (χ4n) is 2.54. The zero-order valence-electron chi connectivity index (χ0n) is 9.57. The molecule has 1 N–H and O–H groups in total. The molecule has 0 saturated carbocycles. The summed E-state index contributed by atoms with van der Waals surface area (Å²) in [6.45, 7) is 1.88. The van der Waals surface area contributed by atoms with Crippen molar-refractivity contribution in [1.29, 1.82) is 0 Å². The first-order chi connectivity index (χ1) is 8.55. The highest BCUT2D eigenvalue weighted by molar-refractivity contribution is 5.29. The van der Waals surface area contributed by atoms with Crippen LogP contribution < -0.4 is 5.32 Å². The number of ether oxygens (including phenoxy) is 1. The van der Waals surface area contributed by atoms with Crippen LogP contribution in [-0.4, -0.2) is 34.5 Å². The molecular weight excluding hydrogens is 249 g/mol. The smallest absolute Gasteiger partial charge is 0.381 e. The molecule has 1 aromatic heterocycles. The quantitative estimate of drug-likeness (QED) is 0.836. The van der Waals surface area contributed by atoms with Crippen molar-refractivity contribution in [2.75, 3.05) is 25.1 Å². The summed E-state index contributed by atoms with van der Waals surface area (Å²) in [5.41, 5.74) is 0. The third kappa shape index (κ3) is 1.94. The topological polar surface area (TPSA) is 52.0 Å². The van der Waals surface area contributed by atoms with Crippen LogP contribution in [0.15, 0.2) is 0 Å². The Labute approximate surface area is 101 Å². The molecule has 100 valence electrons. The van der Waals surface area contributed by atoms with Crippen LogP contribution in [0.4, 0.5) is 19.1 Å². The molecule has 2 unspecified atom stereocenters. The zero-order valence-corrected chi connectivity index (χ0v) is 9.57. The number of alkyl halides is 3. The Hall–Kier alpha value is -1.31. The lowest BCUT2D eigenvalue weighted by Gasteiger charge is -2.28. The van der Waals surface area contributed by atoms with E-state index in [0.717, 1.165) is 12.8 Å². The summed E-state index contributed by atoms with van der Waals surface area (Å²) in [5, 5.41) is 6.47. The van der Waals surface area contributed by atoms with Crippen molar-refractivity contribution >= 4 is 5.95 Å². The molecule has 0 bridgehead atoms. The van der Waals surface area contributed by atoms with Gasteiger partial charge in [0.2, 0.25) is 5.95 Å². The number of halogens is 3. The second-order valence-corrected chi connectivity index (χ2v) is 4.61. The highest BCUT2D eigenvalue weighted by atomic mass is 19.4. The molecule has 2 aliphatic heterocycles. The van der Waals surface area contributed by atoms with Crippen LogP contribution in [0.5, 0.6) is 0 Å². The molecule has 2 atom stereocenters. The van der Waals surface area contributed by atoms with Gasteiger partial charge in [-0.1, -0.05) is 0 Å². The highest BCUT2D eigenvalue weighted by Crippen LogP contribution is 2.35. The maximum absolute atomic E-state index is 12.6. The van der Waals surface area contributed by atoms with Crippen LogP contribution in [0.1, 0.15) is 24.7 Å². The van der Waals surface area contributed by atoms with Crippen molar-refractivity contribution in [3.63, 3.8) is 0 Å². The summed E-state index contributed by atoms with van der Waals surface area (Å²) in [7, 11) is 0. The third-order valence-corrected chi connectivity index (χ3v) is 3.43. The number of fused-ring (bicyclic) bond motifs is 1. The lowest BCUT2D eigenvalue weighted by atomic mass is 9.95. The Morgan fingerprint density at radius 3 is 2.83 bits per heavy atom. The van der Waals surface area contributed by atoms with Crippen molar-refractivity contribution in [3.8, 4) is 0 Å². The van der Waals surface area contributed by atoms with E-state index in [2.05, 4.69) is 15.4 Å². The molecule has 3 rings (SSSR count). The SMILES string of the molecule is FC(F)(F)c1nc2n(n1)C(C1CCOC1)CCN2. The molecule has 1 saturated heterocycles. The van der Waals surface area contributed by atoms with E-state index in [0.29, 0.717) is 19.8 Å². The Balaban J connectivity index is 1.92. The summed E-state index contributed by atoms with van der Waals surface area (Å²) < 4.78 is 44.4. The van der Waals surface area contributed by atoms with Crippen molar-refractivity contribution in [1.82, 2.24) is 14.8 Å². The van der Waals surface area contributed by atoms with E-state index in [-0.39, 0.29) is 17.9 Å². The average Bonchev–Trinajstić information content (AvgIpc) is 2.96. The lowest BCUT2D eigenvalue weighted by Crippen LogP contribution is -2.29. The lowest BCUT2D eigenvalue weighted by molar-refractivity contribution is -0.145. The van der Waals surface area contributed by atoms with E-state index in [1.807, 2.05) is 0 Å². The molecule has 0 aromatic carbocycles. The Bertz CT molecular complexity index is 439. The Morgan fingerprint density at radius 2 is 2.17 bits per heavy atom. The van der Waals surface area contributed by atoms with Gasteiger partial charge in [0.1, 0.15) is 0 Å². The average molecular weight is 262 g/mol. The van der Waals surface area contributed by atoms with Gasteiger partial charge >= 0.3 is 6.18 Å². The predicted molar refractivity (Wildman–Crippen MR) is 56.1 cm³/mol. The van der Waals surface area contributed by atoms with Crippen LogP contribution in [-0.2, 0) is 10.9 Å². The minimum Gasteiger partial charge on any atom is -0.381 e. The van der Waals surface area contributed by atoms with E-state index in [1.54, 1.807) is 0 Å².